The lowest BCUT2D eigenvalue weighted by Gasteiger charge is -2.27. The fourth-order valence-electron chi connectivity index (χ4n) is 2.54. The van der Waals surface area contributed by atoms with Gasteiger partial charge in [0.1, 0.15) is 0 Å². The average molecular weight is 249 g/mol. The van der Waals surface area contributed by atoms with E-state index >= 15 is 0 Å². The maximum atomic E-state index is 11.4. The number of carbonyl (C=O) groups excluding carboxylic acids is 1. The van der Waals surface area contributed by atoms with Crippen molar-refractivity contribution in [3.05, 3.63) is 23.9 Å². The average Bonchev–Trinajstić information content (AvgIpc) is 2.46. The largest absolute Gasteiger partial charge is 0.481 e. The van der Waals surface area contributed by atoms with E-state index in [0.717, 1.165) is 31.4 Å². The Labute approximate surface area is 107 Å². The van der Waals surface area contributed by atoms with E-state index in [2.05, 4.69) is 10.4 Å². The summed E-state index contributed by atoms with van der Waals surface area (Å²) in [5.74, 6) is 6.23. The number of nitrogens with zero attached hydrogens (tertiary/aromatic N) is 1. The highest BCUT2D eigenvalue weighted by Crippen LogP contribution is 2.35. The zero-order valence-corrected chi connectivity index (χ0v) is 10.6. The molecule has 3 N–H and O–H groups in total. The van der Waals surface area contributed by atoms with Crippen LogP contribution in [-0.4, -0.2) is 18.0 Å². The van der Waals surface area contributed by atoms with Gasteiger partial charge in [0.05, 0.1) is 7.11 Å². The van der Waals surface area contributed by atoms with Crippen LogP contribution >= 0.6 is 0 Å². The number of carbonyl (C=O) groups is 1. The molecule has 1 aliphatic rings. The molecule has 1 heterocycles. The van der Waals surface area contributed by atoms with E-state index in [1.54, 1.807) is 7.11 Å². The van der Waals surface area contributed by atoms with E-state index in [-0.39, 0.29) is 11.8 Å². The summed E-state index contributed by atoms with van der Waals surface area (Å²) in [6.07, 6.45) is 3.68. The number of aromatic nitrogens is 1. The number of nitrogens with one attached hydrogen (secondary N) is 1. The minimum atomic E-state index is -0.0490. The van der Waals surface area contributed by atoms with Gasteiger partial charge in [0.15, 0.2) is 0 Å². The number of ether oxygens (including phenoxy) is 1. The minimum absolute atomic E-state index is 0.0490. The van der Waals surface area contributed by atoms with Crippen LogP contribution in [0.5, 0.6) is 5.88 Å². The molecule has 5 heteroatoms. The first-order valence-corrected chi connectivity index (χ1v) is 6.26. The van der Waals surface area contributed by atoms with Gasteiger partial charge in [-0.15, -0.1) is 0 Å². The van der Waals surface area contributed by atoms with Gasteiger partial charge in [-0.1, -0.05) is 6.07 Å². The van der Waals surface area contributed by atoms with Crippen molar-refractivity contribution in [2.75, 3.05) is 7.11 Å². The van der Waals surface area contributed by atoms with Crippen molar-refractivity contribution in [1.82, 2.24) is 10.4 Å². The molecule has 0 atom stereocenters. The van der Waals surface area contributed by atoms with E-state index in [0.29, 0.717) is 11.8 Å². The van der Waals surface area contributed by atoms with E-state index in [1.165, 1.54) is 0 Å². The lowest BCUT2D eigenvalue weighted by molar-refractivity contribution is -0.126. The summed E-state index contributed by atoms with van der Waals surface area (Å²) >= 11 is 0. The lowest BCUT2D eigenvalue weighted by atomic mass is 9.80. The molecule has 5 nitrogen and oxygen atoms in total. The van der Waals surface area contributed by atoms with Gasteiger partial charge >= 0.3 is 0 Å². The van der Waals surface area contributed by atoms with Crippen molar-refractivity contribution < 1.29 is 9.53 Å². The van der Waals surface area contributed by atoms with Crippen LogP contribution in [0.3, 0.4) is 0 Å². The van der Waals surface area contributed by atoms with Gasteiger partial charge < -0.3 is 4.74 Å². The number of pyridine rings is 1. The van der Waals surface area contributed by atoms with E-state index in [9.17, 15) is 4.79 Å². The predicted molar refractivity (Wildman–Crippen MR) is 67.8 cm³/mol. The second-order valence-electron chi connectivity index (χ2n) is 4.66. The molecular formula is C13H19N3O2. The highest BCUT2D eigenvalue weighted by atomic mass is 16.5. The van der Waals surface area contributed by atoms with Crippen LogP contribution in [-0.2, 0) is 4.79 Å². The molecule has 0 saturated heterocycles. The summed E-state index contributed by atoms with van der Waals surface area (Å²) in [5, 5.41) is 0. The fourth-order valence-corrected chi connectivity index (χ4v) is 2.54. The molecule has 0 spiro atoms. The number of nitrogens with two attached hydrogens (primary N) is 1. The molecule has 1 saturated carbocycles. The van der Waals surface area contributed by atoms with Crippen molar-refractivity contribution in [2.45, 2.75) is 31.6 Å². The predicted octanol–water partition coefficient (Wildman–Crippen LogP) is 1.35. The van der Waals surface area contributed by atoms with Crippen molar-refractivity contribution in [1.29, 1.82) is 0 Å². The van der Waals surface area contributed by atoms with Crippen LogP contribution in [0.15, 0.2) is 18.2 Å². The van der Waals surface area contributed by atoms with Gasteiger partial charge in [0.25, 0.3) is 0 Å². The van der Waals surface area contributed by atoms with Gasteiger partial charge in [-0.25, -0.2) is 10.8 Å². The molecule has 18 heavy (non-hydrogen) atoms. The molecule has 0 unspecified atom stereocenters. The fraction of sp³-hybridized carbons (Fsp3) is 0.538. The molecule has 1 aromatic rings. The number of hydrogen-bond donors (Lipinski definition) is 2. The smallest absolute Gasteiger partial charge is 0.236 e. The molecule has 2 rings (SSSR count). The summed E-state index contributed by atoms with van der Waals surface area (Å²) in [5.41, 5.74) is 3.29. The zero-order chi connectivity index (χ0) is 13.0. The summed E-state index contributed by atoms with van der Waals surface area (Å²) < 4.78 is 5.13. The van der Waals surface area contributed by atoms with Crippen LogP contribution in [0.4, 0.5) is 0 Å². The minimum Gasteiger partial charge on any atom is -0.481 e. The SMILES string of the molecule is COc1cccc([C@H]2CC[C@H](C(=O)NN)CC2)n1. The molecule has 1 aliphatic carbocycles. The number of hydrogen-bond acceptors (Lipinski definition) is 4. The monoisotopic (exact) mass is 249 g/mol. The highest BCUT2D eigenvalue weighted by molar-refractivity contribution is 5.78. The van der Waals surface area contributed by atoms with Crippen molar-refractivity contribution in [3.63, 3.8) is 0 Å². The normalized spacial score (nSPS) is 23.4. The maximum Gasteiger partial charge on any atom is 0.236 e. The number of rotatable bonds is 3. The molecule has 0 aliphatic heterocycles. The molecule has 1 aromatic heterocycles. The Morgan fingerprint density at radius 2 is 2.11 bits per heavy atom. The standard InChI is InChI=1S/C13H19N3O2/c1-18-12-4-2-3-11(15-12)9-5-7-10(8-6-9)13(17)16-14/h2-4,9-10H,5-8,14H2,1H3,(H,16,17)/t9-,10-. The second kappa shape index (κ2) is 5.82. The Bertz CT molecular complexity index is 414. The molecule has 0 radical (unpaired) electrons. The second-order valence-corrected chi connectivity index (χ2v) is 4.66. The van der Waals surface area contributed by atoms with Gasteiger partial charge in [0.2, 0.25) is 11.8 Å². The topological polar surface area (TPSA) is 77.2 Å². The summed E-state index contributed by atoms with van der Waals surface area (Å²) in [7, 11) is 1.62. The van der Waals surface area contributed by atoms with Crippen molar-refractivity contribution in [3.8, 4) is 5.88 Å². The van der Waals surface area contributed by atoms with Crippen LogP contribution in [0, 0.1) is 5.92 Å². The van der Waals surface area contributed by atoms with Crippen LogP contribution in [0.1, 0.15) is 37.3 Å². The highest BCUT2D eigenvalue weighted by Gasteiger charge is 2.27. The summed E-state index contributed by atoms with van der Waals surface area (Å²) in [6, 6.07) is 5.83. The van der Waals surface area contributed by atoms with Crippen LogP contribution in [0.25, 0.3) is 0 Å². The van der Waals surface area contributed by atoms with Crippen LogP contribution < -0.4 is 16.0 Å². The lowest BCUT2D eigenvalue weighted by Crippen LogP contribution is -2.37. The quantitative estimate of drug-likeness (QED) is 0.481. The number of methoxy groups -OCH3 is 1. The van der Waals surface area contributed by atoms with E-state index in [1.807, 2.05) is 18.2 Å². The number of amides is 1. The first-order valence-electron chi connectivity index (χ1n) is 6.26. The van der Waals surface area contributed by atoms with Gasteiger partial charge in [-0.3, -0.25) is 10.2 Å². The Morgan fingerprint density at radius 1 is 1.39 bits per heavy atom. The maximum absolute atomic E-state index is 11.4. The Hall–Kier alpha value is -1.62. The Morgan fingerprint density at radius 3 is 2.72 bits per heavy atom. The van der Waals surface area contributed by atoms with Crippen LogP contribution in [0.2, 0.25) is 0 Å². The molecule has 1 fully saturated rings. The molecular weight excluding hydrogens is 230 g/mol. The Kier molecular flexibility index (Phi) is 4.15. The van der Waals surface area contributed by atoms with Gasteiger partial charge in [-0.2, -0.15) is 0 Å². The summed E-state index contributed by atoms with van der Waals surface area (Å²) in [4.78, 5) is 15.9. The third kappa shape index (κ3) is 2.79. The molecule has 98 valence electrons. The Balaban J connectivity index is 1.98. The molecule has 0 aromatic carbocycles. The zero-order valence-electron chi connectivity index (χ0n) is 10.6. The third-order valence-corrected chi connectivity index (χ3v) is 3.61. The summed E-state index contributed by atoms with van der Waals surface area (Å²) in [6.45, 7) is 0. The molecule has 0 bridgehead atoms. The first-order chi connectivity index (χ1) is 8.74. The van der Waals surface area contributed by atoms with Crippen molar-refractivity contribution >= 4 is 5.91 Å². The van der Waals surface area contributed by atoms with E-state index in [4.69, 9.17) is 10.6 Å². The number of hydrazine groups is 1. The van der Waals surface area contributed by atoms with Gasteiger partial charge in [-0.05, 0) is 31.7 Å². The first kappa shape index (κ1) is 12.8. The van der Waals surface area contributed by atoms with E-state index < -0.39 is 0 Å². The molecule has 1 amide bonds. The third-order valence-electron chi connectivity index (χ3n) is 3.61. The van der Waals surface area contributed by atoms with Gasteiger partial charge in [0, 0.05) is 23.6 Å². The van der Waals surface area contributed by atoms with Crippen molar-refractivity contribution in [2.24, 2.45) is 11.8 Å².